The molecule has 1 aliphatic heterocycles. The van der Waals surface area contributed by atoms with Crippen LogP contribution < -0.4 is 4.90 Å². The molecule has 0 amide bonds. The first-order valence-corrected chi connectivity index (χ1v) is 7.35. The van der Waals surface area contributed by atoms with Gasteiger partial charge in [-0.25, -0.2) is 27.1 Å². The van der Waals surface area contributed by atoms with E-state index < -0.39 is 15.8 Å². The predicted octanol–water partition coefficient (Wildman–Crippen LogP) is -0.0567. The number of anilines is 1. The average molecular weight is 274 g/mol. The summed E-state index contributed by atoms with van der Waals surface area (Å²) in [5.74, 6) is 0.278. The maximum Gasteiger partial charge on any atom is 0.225 e. The Bertz CT molecular complexity index is 513. The largest absolute Gasteiger partial charge is 0.340 e. The molecule has 6 nitrogen and oxygen atoms in total. The zero-order valence-electron chi connectivity index (χ0n) is 10.2. The van der Waals surface area contributed by atoms with Crippen LogP contribution in [0.15, 0.2) is 12.4 Å². The van der Waals surface area contributed by atoms with Crippen LogP contribution >= 0.6 is 0 Å². The van der Waals surface area contributed by atoms with Crippen LogP contribution in [0.3, 0.4) is 0 Å². The van der Waals surface area contributed by atoms with Crippen molar-refractivity contribution in [2.75, 3.05) is 37.8 Å². The first-order chi connectivity index (χ1) is 8.36. The van der Waals surface area contributed by atoms with Gasteiger partial charge in [-0.3, -0.25) is 0 Å². The first kappa shape index (κ1) is 13.2. The molecule has 0 bridgehead atoms. The van der Waals surface area contributed by atoms with Crippen molar-refractivity contribution in [3.8, 4) is 0 Å². The van der Waals surface area contributed by atoms with Gasteiger partial charge in [-0.1, -0.05) is 0 Å². The van der Waals surface area contributed by atoms with Gasteiger partial charge in [0.25, 0.3) is 0 Å². The second-order valence-corrected chi connectivity index (χ2v) is 6.61. The molecule has 1 saturated heterocycles. The molecule has 1 aliphatic rings. The Morgan fingerprint density at radius 1 is 1.44 bits per heavy atom. The molecule has 18 heavy (non-hydrogen) atoms. The van der Waals surface area contributed by atoms with Crippen LogP contribution in [0.5, 0.6) is 0 Å². The van der Waals surface area contributed by atoms with E-state index in [1.54, 1.807) is 7.05 Å². The predicted molar refractivity (Wildman–Crippen MR) is 65.2 cm³/mol. The van der Waals surface area contributed by atoms with Crippen molar-refractivity contribution in [1.29, 1.82) is 0 Å². The second kappa shape index (κ2) is 4.77. The lowest BCUT2D eigenvalue weighted by atomic mass is 10.0. The third-order valence-corrected chi connectivity index (χ3v) is 4.21. The van der Waals surface area contributed by atoms with Gasteiger partial charge < -0.3 is 4.90 Å². The molecule has 2 rings (SSSR count). The quantitative estimate of drug-likeness (QED) is 0.770. The standard InChI is InChI=1S/C10H15FN4O2S/c1-14(18(2,16)17)5-8-6-15(7-8)10-12-3-9(11)4-13-10/h3-4,8H,5-7H2,1-2H3. The number of rotatable bonds is 4. The fourth-order valence-corrected chi connectivity index (χ4v) is 2.30. The van der Waals surface area contributed by atoms with E-state index >= 15 is 0 Å². The van der Waals surface area contributed by atoms with Gasteiger partial charge in [0.1, 0.15) is 0 Å². The van der Waals surface area contributed by atoms with Crippen LogP contribution in [0.1, 0.15) is 0 Å². The molecule has 0 atom stereocenters. The van der Waals surface area contributed by atoms with Crippen LogP contribution in [-0.2, 0) is 10.0 Å². The summed E-state index contributed by atoms with van der Waals surface area (Å²) in [6.45, 7) is 1.85. The molecule has 2 heterocycles. The van der Waals surface area contributed by atoms with E-state index in [2.05, 4.69) is 9.97 Å². The van der Waals surface area contributed by atoms with Crippen LogP contribution in [0.25, 0.3) is 0 Å². The number of aromatic nitrogens is 2. The van der Waals surface area contributed by atoms with Gasteiger partial charge in [-0.2, -0.15) is 0 Å². The van der Waals surface area contributed by atoms with E-state index in [4.69, 9.17) is 0 Å². The van der Waals surface area contributed by atoms with E-state index in [0.29, 0.717) is 25.6 Å². The molecule has 0 radical (unpaired) electrons. The molecule has 1 fully saturated rings. The molecular formula is C10H15FN4O2S. The lowest BCUT2D eigenvalue weighted by molar-refractivity contribution is 0.325. The van der Waals surface area contributed by atoms with E-state index in [-0.39, 0.29) is 5.92 Å². The van der Waals surface area contributed by atoms with Gasteiger partial charge in [0.2, 0.25) is 16.0 Å². The number of hydrogen-bond acceptors (Lipinski definition) is 5. The van der Waals surface area contributed by atoms with Crippen molar-refractivity contribution in [2.45, 2.75) is 0 Å². The van der Waals surface area contributed by atoms with Crippen LogP contribution in [0.4, 0.5) is 10.3 Å². The highest BCUT2D eigenvalue weighted by atomic mass is 32.2. The van der Waals surface area contributed by atoms with Crippen LogP contribution in [0.2, 0.25) is 0 Å². The summed E-state index contributed by atoms with van der Waals surface area (Å²) in [7, 11) is -1.57. The van der Waals surface area contributed by atoms with Gasteiger partial charge in [0, 0.05) is 32.6 Å². The highest BCUT2D eigenvalue weighted by Crippen LogP contribution is 2.21. The maximum absolute atomic E-state index is 12.6. The smallest absolute Gasteiger partial charge is 0.225 e. The van der Waals surface area contributed by atoms with Crippen molar-refractivity contribution in [2.24, 2.45) is 5.92 Å². The minimum Gasteiger partial charge on any atom is -0.340 e. The monoisotopic (exact) mass is 274 g/mol. The molecular weight excluding hydrogens is 259 g/mol. The Kier molecular flexibility index (Phi) is 3.49. The van der Waals surface area contributed by atoms with E-state index in [9.17, 15) is 12.8 Å². The zero-order chi connectivity index (χ0) is 13.3. The van der Waals surface area contributed by atoms with E-state index in [1.165, 1.54) is 10.6 Å². The zero-order valence-corrected chi connectivity index (χ0v) is 11.1. The topological polar surface area (TPSA) is 66.4 Å². The van der Waals surface area contributed by atoms with E-state index in [0.717, 1.165) is 12.4 Å². The molecule has 0 saturated carbocycles. The average Bonchev–Trinajstić information content (AvgIpc) is 2.23. The van der Waals surface area contributed by atoms with Crippen LogP contribution in [-0.4, -0.2) is 55.6 Å². The number of hydrogen-bond donors (Lipinski definition) is 0. The minimum absolute atomic E-state index is 0.262. The third kappa shape index (κ3) is 2.94. The summed E-state index contributed by atoms with van der Waals surface area (Å²) in [4.78, 5) is 9.63. The third-order valence-electron chi connectivity index (χ3n) is 2.93. The minimum atomic E-state index is -3.13. The fourth-order valence-electron chi connectivity index (χ4n) is 1.82. The summed E-state index contributed by atoms with van der Waals surface area (Å²) in [5, 5.41) is 0. The van der Waals surface area contributed by atoms with Crippen molar-refractivity contribution in [3.63, 3.8) is 0 Å². The Labute approximate surface area is 106 Å². The highest BCUT2D eigenvalue weighted by Gasteiger charge is 2.31. The Balaban J connectivity index is 1.86. The Morgan fingerprint density at radius 2 is 2.00 bits per heavy atom. The normalized spacial score (nSPS) is 17.0. The van der Waals surface area contributed by atoms with Gasteiger partial charge in [0.15, 0.2) is 5.82 Å². The summed E-state index contributed by atoms with van der Waals surface area (Å²) in [6, 6.07) is 0. The molecule has 0 aliphatic carbocycles. The van der Waals surface area contributed by atoms with Crippen molar-refractivity contribution in [3.05, 3.63) is 18.2 Å². The molecule has 0 unspecified atom stereocenters. The molecule has 100 valence electrons. The Hall–Kier alpha value is -1.28. The summed E-state index contributed by atoms with van der Waals surface area (Å²) < 4.78 is 36.5. The second-order valence-electron chi connectivity index (χ2n) is 4.52. The summed E-state index contributed by atoms with van der Waals surface area (Å²) in [6.07, 6.45) is 3.43. The first-order valence-electron chi connectivity index (χ1n) is 5.50. The van der Waals surface area contributed by atoms with E-state index in [1.807, 2.05) is 4.90 Å². The fraction of sp³-hybridized carbons (Fsp3) is 0.600. The SMILES string of the molecule is CN(CC1CN(c2ncc(F)cn2)C1)S(C)(=O)=O. The molecule has 0 N–H and O–H groups in total. The summed E-state index contributed by atoms with van der Waals surface area (Å²) in [5.41, 5.74) is 0. The number of sulfonamides is 1. The lowest BCUT2D eigenvalue weighted by Crippen LogP contribution is -2.52. The van der Waals surface area contributed by atoms with Crippen molar-refractivity contribution < 1.29 is 12.8 Å². The molecule has 1 aromatic heterocycles. The highest BCUT2D eigenvalue weighted by molar-refractivity contribution is 7.88. The molecule has 8 heteroatoms. The van der Waals surface area contributed by atoms with Crippen molar-refractivity contribution in [1.82, 2.24) is 14.3 Å². The van der Waals surface area contributed by atoms with Crippen molar-refractivity contribution >= 4 is 16.0 Å². The van der Waals surface area contributed by atoms with Gasteiger partial charge in [-0.05, 0) is 0 Å². The maximum atomic E-state index is 12.6. The van der Waals surface area contributed by atoms with Crippen LogP contribution in [0, 0.1) is 11.7 Å². The molecule has 0 spiro atoms. The lowest BCUT2D eigenvalue weighted by Gasteiger charge is -2.40. The molecule has 1 aromatic rings. The van der Waals surface area contributed by atoms with Gasteiger partial charge in [-0.15, -0.1) is 0 Å². The number of halogens is 1. The molecule has 0 aromatic carbocycles. The van der Waals surface area contributed by atoms with Gasteiger partial charge in [0.05, 0.1) is 18.6 Å². The number of nitrogens with zero attached hydrogens (tertiary/aromatic N) is 4. The summed E-state index contributed by atoms with van der Waals surface area (Å²) >= 11 is 0. The Morgan fingerprint density at radius 3 is 2.50 bits per heavy atom. The van der Waals surface area contributed by atoms with Gasteiger partial charge >= 0.3 is 0 Å².